The van der Waals surface area contributed by atoms with Crippen LogP contribution in [0.15, 0.2) is 60.5 Å². The number of fused-ring (bicyclic) bond motifs is 1. The third kappa shape index (κ3) is 3.79. The summed E-state index contributed by atoms with van der Waals surface area (Å²) in [5, 5.41) is 5.13. The number of rotatable bonds is 6. The molecule has 5 nitrogen and oxygen atoms in total. The van der Waals surface area contributed by atoms with Crippen LogP contribution in [0.2, 0.25) is 0 Å². The van der Waals surface area contributed by atoms with E-state index in [-0.39, 0.29) is 11.2 Å². The summed E-state index contributed by atoms with van der Waals surface area (Å²) in [6.45, 7) is 10.5. The van der Waals surface area contributed by atoms with Crippen LogP contribution in [0.4, 0.5) is 0 Å². The van der Waals surface area contributed by atoms with Crippen molar-refractivity contribution in [1.82, 2.24) is 14.7 Å². The van der Waals surface area contributed by atoms with Crippen molar-refractivity contribution in [3.05, 3.63) is 77.5 Å². The molecule has 1 unspecified atom stereocenters. The first-order chi connectivity index (χ1) is 15.2. The molecule has 1 saturated carbocycles. The van der Waals surface area contributed by atoms with E-state index >= 15 is 0 Å². The molecule has 1 aromatic heterocycles. The molecule has 31 heavy (non-hydrogen) atoms. The van der Waals surface area contributed by atoms with E-state index in [2.05, 4.69) is 13.2 Å². The highest BCUT2D eigenvalue weighted by atomic mass is 32.2. The molecule has 2 aliphatic heterocycles. The van der Waals surface area contributed by atoms with E-state index in [1.54, 1.807) is 11.8 Å². The standard InChI is InChI=1S/C25H27N3O2S/c1-3-19-20(4-2)31-21(16-17-10-11-17)22-23(25(29)27-12-14-30-15-13-27)26-28(24(19)22)18-8-6-5-7-9-18/h3-9,17,21H,1-2,10-16H2. The molecule has 2 aromatic rings. The fourth-order valence-electron chi connectivity index (χ4n) is 4.39. The van der Waals surface area contributed by atoms with Gasteiger partial charge in [0.15, 0.2) is 5.69 Å². The van der Waals surface area contributed by atoms with Crippen molar-refractivity contribution in [2.75, 3.05) is 26.3 Å². The van der Waals surface area contributed by atoms with E-state index in [0.717, 1.165) is 39.8 Å². The molecule has 0 bridgehead atoms. The van der Waals surface area contributed by atoms with Gasteiger partial charge in [-0.2, -0.15) is 5.10 Å². The third-order valence-electron chi connectivity index (χ3n) is 6.17. The number of hydrogen-bond donors (Lipinski definition) is 0. The fourth-order valence-corrected chi connectivity index (χ4v) is 5.81. The Kier molecular flexibility index (Phi) is 5.59. The lowest BCUT2D eigenvalue weighted by atomic mass is 9.97. The minimum atomic E-state index is 0.00101. The summed E-state index contributed by atoms with van der Waals surface area (Å²) in [4.78, 5) is 16.6. The maximum Gasteiger partial charge on any atom is 0.274 e. The van der Waals surface area contributed by atoms with Crippen molar-refractivity contribution in [2.24, 2.45) is 5.92 Å². The lowest BCUT2D eigenvalue weighted by Crippen LogP contribution is -2.41. The van der Waals surface area contributed by atoms with Crippen LogP contribution in [0.25, 0.3) is 11.3 Å². The largest absolute Gasteiger partial charge is 0.378 e. The second kappa shape index (κ2) is 8.52. The van der Waals surface area contributed by atoms with Gasteiger partial charge in [-0.15, -0.1) is 11.8 Å². The number of nitrogens with zero attached hydrogens (tertiary/aromatic N) is 3. The molecule has 0 radical (unpaired) electrons. The van der Waals surface area contributed by atoms with Crippen molar-refractivity contribution < 1.29 is 9.53 Å². The molecule has 1 saturated heterocycles. The number of hydrogen-bond acceptors (Lipinski definition) is 4. The minimum absolute atomic E-state index is 0.00101. The van der Waals surface area contributed by atoms with Gasteiger partial charge in [0.1, 0.15) is 0 Å². The van der Waals surface area contributed by atoms with Gasteiger partial charge in [0, 0.05) is 34.4 Å². The van der Waals surface area contributed by atoms with Crippen molar-refractivity contribution in [3.8, 4) is 5.69 Å². The molecule has 3 heterocycles. The number of carbonyl (C=O) groups is 1. The zero-order valence-electron chi connectivity index (χ0n) is 17.6. The van der Waals surface area contributed by atoms with Crippen LogP contribution in [0.1, 0.15) is 46.3 Å². The Balaban J connectivity index is 1.71. The Bertz CT molecular complexity index is 1050. The summed E-state index contributed by atoms with van der Waals surface area (Å²) in [5.41, 5.74) is 4.55. The summed E-state index contributed by atoms with van der Waals surface area (Å²) in [6.07, 6.45) is 7.39. The number of morpholine rings is 1. The number of allylic oxidation sites excluding steroid dienone is 3. The first kappa shape index (κ1) is 20.3. The van der Waals surface area contributed by atoms with E-state index < -0.39 is 0 Å². The smallest absolute Gasteiger partial charge is 0.274 e. The van der Waals surface area contributed by atoms with Crippen LogP contribution in [0.3, 0.4) is 0 Å². The van der Waals surface area contributed by atoms with E-state index in [1.807, 2.05) is 52.1 Å². The first-order valence-corrected chi connectivity index (χ1v) is 11.8. The molecular formula is C25H27N3O2S. The molecular weight excluding hydrogens is 406 g/mol. The highest BCUT2D eigenvalue weighted by molar-refractivity contribution is 8.03. The quantitative estimate of drug-likeness (QED) is 0.642. The van der Waals surface area contributed by atoms with Gasteiger partial charge < -0.3 is 9.64 Å². The first-order valence-electron chi connectivity index (χ1n) is 10.9. The molecule has 1 amide bonds. The summed E-state index contributed by atoms with van der Waals surface area (Å²) in [6, 6.07) is 10.0. The normalized spacial score (nSPS) is 21.0. The predicted molar refractivity (Wildman–Crippen MR) is 125 cm³/mol. The number of thioether (sulfide) groups is 1. The van der Waals surface area contributed by atoms with Crippen LogP contribution >= 0.6 is 11.8 Å². The van der Waals surface area contributed by atoms with Gasteiger partial charge in [-0.3, -0.25) is 4.79 Å². The predicted octanol–water partition coefficient (Wildman–Crippen LogP) is 5.02. The van der Waals surface area contributed by atoms with E-state index in [0.29, 0.717) is 32.0 Å². The van der Waals surface area contributed by atoms with Gasteiger partial charge in [-0.1, -0.05) is 56.4 Å². The highest BCUT2D eigenvalue weighted by Gasteiger charge is 2.39. The SMILES string of the molecule is C=CC1=C(C=C)c2c(c(C(=O)N3CCOCC3)nn2-c2ccccc2)C(CC2CC2)S1. The maximum atomic E-state index is 13.6. The maximum absolute atomic E-state index is 13.6. The average molecular weight is 434 g/mol. The third-order valence-corrected chi connectivity index (χ3v) is 7.52. The van der Waals surface area contributed by atoms with E-state index in [4.69, 9.17) is 9.84 Å². The van der Waals surface area contributed by atoms with Gasteiger partial charge in [0.05, 0.1) is 24.6 Å². The zero-order chi connectivity index (χ0) is 21.4. The lowest BCUT2D eigenvalue weighted by molar-refractivity contribution is 0.0298. The zero-order valence-corrected chi connectivity index (χ0v) is 18.4. The van der Waals surface area contributed by atoms with Crippen molar-refractivity contribution in [2.45, 2.75) is 24.5 Å². The monoisotopic (exact) mass is 433 g/mol. The Hall–Kier alpha value is -2.57. The summed E-state index contributed by atoms with van der Waals surface area (Å²) < 4.78 is 7.40. The highest BCUT2D eigenvalue weighted by Crippen LogP contribution is 2.54. The number of carbonyl (C=O) groups excluding carboxylic acids is 1. The number of ether oxygens (including phenoxy) is 1. The molecule has 5 rings (SSSR count). The molecule has 2 fully saturated rings. The average Bonchev–Trinajstić information content (AvgIpc) is 3.56. The number of para-hydroxylation sites is 1. The van der Waals surface area contributed by atoms with Crippen molar-refractivity contribution in [1.29, 1.82) is 0 Å². The van der Waals surface area contributed by atoms with Gasteiger partial charge in [0.25, 0.3) is 5.91 Å². The van der Waals surface area contributed by atoms with Gasteiger partial charge >= 0.3 is 0 Å². The van der Waals surface area contributed by atoms with Gasteiger partial charge in [-0.25, -0.2) is 4.68 Å². The van der Waals surface area contributed by atoms with Crippen LogP contribution in [0, 0.1) is 5.92 Å². The molecule has 1 aliphatic carbocycles. The molecule has 3 aliphatic rings. The van der Waals surface area contributed by atoms with Gasteiger partial charge in [-0.05, 0) is 24.5 Å². The summed E-state index contributed by atoms with van der Waals surface area (Å²) >= 11 is 1.80. The van der Waals surface area contributed by atoms with Crippen molar-refractivity contribution in [3.63, 3.8) is 0 Å². The van der Waals surface area contributed by atoms with Crippen LogP contribution in [0.5, 0.6) is 0 Å². The lowest BCUT2D eigenvalue weighted by Gasteiger charge is -2.29. The fraction of sp³-hybridized carbons (Fsp3) is 0.360. The van der Waals surface area contributed by atoms with E-state index in [1.165, 1.54) is 12.8 Å². The van der Waals surface area contributed by atoms with E-state index in [9.17, 15) is 4.79 Å². The molecule has 1 atom stereocenters. The second-order valence-corrected chi connectivity index (χ2v) is 9.48. The Morgan fingerprint density at radius 1 is 1.16 bits per heavy atom. The molecule has 160 valence electrons. The molecule has 0 N–H and O–H groups in total. The van der Waals surface area contributed by atoms with Crippen molar-refractivity contribution >= 4 is 23.2 Å². The summed E-state index contributed by atoms with van der Waals surface area (Å²) in [7, 11) is 0. The van der Waals surface area contributed by atoms with Crippen LogP contribution < -0.4 is 0 Å². The molecule has 6 heteroatoms. The number of aromatic nitrogens is 2. The number of amides is 1. The molecule has 0 spiro atoms. The minimum Gasteiger partial charge on any atom is -0.378 e. The van der Waals surface area contributed by atoms with Gasteiger partial charge in [0.2, 0.25) is 0 Å². The Labute approximate surface area is 187 Å². The van der Waals surface area contributed by atoms with Crippen LogP contribution in [-0.2, 0) is 4.74 Å². The second-order valence-electron chi connectivity index (χ2n) is 8.23. The van der Waals surface area contributed by atoms with Crippen LogP contribution in [-0.4, -0.2) is 46.9 Å². The topological polar surface area (TPSA) is 47.4 Å². The Morgan fingerprint density at radius 2 is 1.90 bits per heavy atom. The number of benzene rings is 1. The Morgan fingerprint density at radius 3 is 2.55 bits per heavy atom. The summed E-state index contributed by atoms with van der Waals surface area (Å²) in [5.74, 6) is 0.731. The molecule has 1 aromatic carbocycles.